The number of carbonyl (C=O) groups excluding carboxylic acids is 2. The molecule has 0 saturated carbocycles. The van der Waals surface area contributed by atoms with Crippen molar-refractivity contribution in [1.29, 1.82) is 0 Å². The summed E-state index contributed by atoms with van der Waals surface area (Å²) in [6.07, 6.45) is 3.61. The van der Waals surface area contributed by atoms with Crippen molar-refractivity contribution in [3.05, 3.63) is 41.2 Å². The fourth-order valence-electron chi connectivity index (χ4n) is 2.85. The maximum Gasteiger partial charge on any atom is 0.289 e. The van der Waals surface area contributed by atoms with E-state index in [1.165, 1.54) is 6.20 Å². The average Bonchev–Trinajstić information content (AvgIpc) is 3.23. The van der Waals surface area contributed by atoms with Crippen LogP contribution in [0.5, 0.6) is 0 Å². The van der Waals surface area contributed by atoms with Crippen LogP contribution in [0.4, 0.5) is 0 Å². The Balaban J connectivity index is 1.53. The van der Waals surface area contributed by atoms with Gasteiger partial charge in [-0.25, -0.2) is 0 Å². The number of amides is 2. The summed E-state index contributed by atoms with van der Waals surface area (Å²) in [5.74, 6) is 1.43. The van der Waals surface area contributed by atoms with E-state index in [4.69, 9.17) is 8.94 Å². The minimum Gasteiger partial charge on any atom is -0.456 e. The Bertz CT molecular complexity index is 726. The lowest BCUT2D eigenvalue weighted by Crippen LogP contribution is -2.46. The molecule has 2 aromatic heterocycles. The van der Waals surface area contributed by atoms with Gasteiger partial charge >= 0.3 is 0 Å². The molecule has 128 valence electrons. The second-order valence-corrected chi connectivity index (χ2v) is 5.96. The topological polar surface area (TPSA) is 88.6 Å². The summed E-state index contributed by atoms with van der Waals surface area (Å²) in [5.41, 5.74) is 0.455. The van der Waals surface area contributed by atoms with E-state index in [1.54, 1.807) is 17.9 Å². The van der Waals surface area contributed by atoms with Crippen LogP contribution in [0, 0.1) is 6.92 Å². The molecule has 0 unspecified atom stereocenters. The number of nitrogens with zero attached hydrogens (tertiary/aromatic N) is 2. The van der Waals surface area contributed by atoms with Crippen molar-refractivity contribution < 1.29 is 18.5 Å². The molecule has 7 heteroatoms. The molecule has 3 rings (SSSR count). The summed E-state index contributed by atoms with van der Waals surface area (Å²) < 4.78 is 10.4. The van der Waals surface area contributed by atoms with Crippen molar-refractivity contribution >= 4 is 11.8 Å². The molecule has 2 amide bonds. The van der Waals surface area contributed by atoms with E-state index in [0.717, 1.165) is 12.2 Å². The third-order valence-corrected chi connectivity index (χ3v) is 4.33. The van der Waals surface area contributed by atoms with E-state index >= 15 is 0 Å². The Kier molecular flexibility index (Phi) is 4.69. The van der Waals surface area contributed by atoms with Gasteiger partial charge in [0.1, 0.15) is 17.1 Å². The van der Waals surface area contributed by atoms with E-state index in [2.05, 4.69) is 10.5 Å². The van der Waals surface area contributed by atoms with Gasteiger partial charge in [0.05, 0.1) is 6.20 Å². The lowest BCUT2D eigenvalue weighted by Gasteiger charge is -2.31. The molecule has 0 atom stereocenters. The Morgan fingerprint density at radius 1 is 1.33 bits per heavy atom. The standard InChI is InChI=1S/C17H21N3O4/c1-3-13-4-5-15(23-13)17(22)20-8-6-12(7-9-20)19-16(21)14-10-18-24-11(14)2/h4-5,10,12H,3,6-9H2,1-2H3,(H,19,21). The lowest BCUT2D eigenvalue weighted by atomic mass is 10.0. The molecular formula is C17H21N3O4. The lowest BCUT2D eigenvalue weighted by molar-refractivity contribution is 0.0665. The van der Waals surface area contributed by atoms with Gasteiger partial charge < -0.3 is 19.2 Å². The van der Waals surface area contributed by atoms with Gasteiger partial charge in [-0.05, 0) is 31.9 Å². The van der Waals surface area contributed by atoms with E-state index in [9.17, 15) is 9.59 Å². The van der Waals surface area contributed by atoms with Crippen LogP contribution in [0.15, 0.2) is 27.3 Å². The van der Waals surface area contributed by atoms with Gasteiger partial charge in [0.2, 0.25) is 0 Å². The smallest absolute Gasteiger partial charge is 0.289 e. The van der Waals surface area contributed by atoms with Crippen molar-refractivity contribution in [1.82, 2.24) is 15.4 Å². The average molecular weight is 331 g/mol. The molecule has 24 heavy (non-hydrogen) atoms. The molecular weight excluding hydrogens is 310 g/mol. The van der Waals surface area contributed by atoms with Crippen molar-refractivity contribution in [2.24, 2.45) is 0 Å². The monoisotopic (exact) mass is 331 g/mol. The number of piperidine rings is 1. The molecule has 2 aromatic rings. The highest BCUT2D eigenvalue weighted by Gasteiger charge is 2.27. The largest absolute Gasteiger partial charge is 0.456 e. The Labute approximate surface area is 140 Å². The van der Waals surface area contributed by atoms with Gasteiger partial charge in [0.15, 0.2) is 5.76 Å². The molecule has 1 fully saturated rings. The first-order valence-electron chi connectivity index (χ1n) is 8.18. The van der Waals surface area contributed by atoms with Gasteiger partial charge in [-0.2, -0.15) is 0 Å². The van der Waals surface area contributed by atoms with E-state index in [-0.39, 0.29) is 17.9 Å². The molecule has 1 aliphatic heterocycles. The number of hydrogen-bond acceptors (Lipinski definition) is 5. The molecule has 0 aliphatic carbocycles. The van der Waals surface area contributed by atoms with Crippen LogP contribution < -0.4 is 5.32 Å². The van der Waals surface area contributed by atoms with Crippen molar-refractivity contribution in [3.8, 4) is 0 Å². The summed E-state index contributed by atoms with van der Waals surface area (Å²) in [5, 5.41) is 6.59. The molecule has 3 heterocycles. The highest BCUT2D eigenvalue weighted by Crippen LogP contribution is 2.17. The highest BCUT2D eigenvalue weighted by molar-refractivity contribution is 5.95. The zero-order valence-corrected chi connectivity index (χ0v) is 13.9. The molecule has 1 aliphatic rings. The van der Waals surface area contributed by atoms with Crippen LogP contribution in [-0.2, 0) is 6.42 Å². The van der Waals surface area contributed by atoms with E-state index < -0.39 is 0 Å². The number of nitrogens with one attached hydrogen (secondary N) is 1. The highest BCUT2D eigenvalue weighted by atomic mass is 16.5. The van der Waals surface area contributed by atoms with Gasteiger partial charge in [-0.1, -0.05) is 12.1 Å². The van der Waals surface area contributed by atoms with Crippen LogP contribution in [-0.4, -0.2) is 41.0 Å². The van der Waals surface area contributed by atoms with Crippen molar-refractivity contribution in [2.75, 3.05) is 13.1 Å². The summed E-state index contributed by atoms with van der Waals surface area (Å²) in [6.45, 7) is 4.87. The molecule has 1 saturated heterocycles. The quantitative estimate of drug-likeness (QED) is 0.927. The van der Waals surface area contributed by atoms with Gasteiger partial charge in [-0.3, -0.25) is 9.59 Å². The normalized spacial score (nSPS) is 15.5. The molecule has 0 aromatic carbocycles. The van der Waals surface area contributed by atoms with Gasteiger partial charge in [0, 0.05) is 25.6 Å². The Morgan fingerprint density at radius 3 is 2.67 bits per heavy atom. The molecule has 0 spiro atoms. The van der Waals surface area contributed by atoms with Crippen molar-refractivity contribution in [3.63, 3.8) is 0 Å². The SMILES string of the molecule is CCc1ccc(C(=O)N2CCC(NC(=O)c3cnoc3C)CC2)o1. The van der Waals surface area contributed by atoms with Crippen LogP contribution in [0.3, 0.4) is 0 Å². The van der Waals surface area contributed by atoms with E-state index in [0.29, 0.717) is 43.0 Å². The number of aromatic nitrogens is 1. The van der Waals surface area contributed by atoms with Crippen LogP contribution >= 0.6 is 0 Å². The summed E-state index contributed by atoms with van der Waals surface area (Å²) in [7, 11) is 0. The zero-order valence-electron chi connectivity index (χ0n) is 13.9. The van der Waals surface area contributed by atoms with Crippen molar-refractivity contribution in [2.45, 2.75) is 39.2 Å². The summed E-state index contributed by atoms with van der Waals surface area (Å²) >= 11 is 0. The minimum atomic E-state index is -0.183. The predicted octanol–water partition coefficient (Wildman–Crippen LogP) is 2.17. The fourth-order valence-corrected chi connectivity index (χ4v) is 2.85. The molecule has 0 radical (unpaired) electrons. The number of hydrogen-bond donors (Lipinski definition) is 1. The predicted molar refractivity (Wildman–Crippen MR) is 85.7 cm³/mol. The number of rotatable bonds is 4. The number of aryl methyl sites for hydroxylation is 2. The molecule has 1 N–H and O–H groups in total. The zero-order chi connectivity index (χ0) is 17.1. The molecule has 7 nitrogen and oxygen atoms in total. The summed E-state index contributed by atoms with van der Waals surface area (Å²) in [6, 6.07) is 3.60. The van der Waals surface area contributed by atoms with Crippen LogP contribution in [0.25, 0.3) is 0 Å². The fraction of sp³-hybridized carbons (Fsp3) is 0.471. The first kappa shape index (κ1) is 16.3. The number of likely N-dealkylation sites (tertiary alicyclic amines) is 1. The second-order valence-electron chi connectivity index (χ2n) is 5.96. The van der Waals surface area contributed by atoms with E-state index in [1.807, 2.05) is 13.0 Å². The third kappa shape index (κ3) is 3.34. The Morgan fingerprint density at radius 2 is 2.08 bits per heavy atom. The van der Waals surface area contributed by atoms with Gasteiger partial charge in [0.25, 0.3) is 11.8 Å². The van der Waals surface area contributed by atoms with Crippen LogP contribution in [0.1, 0.15) is 52.2 Å². The van der Waals surface area contributed by atoms with Gasteiger partial charge in [-0.15, -0.1) is 0 Å². The third-order valence-electron chi connectivity index (χ3n) is 4.33. The number of carbonyl (C=O) groups is 2. The maximum absolute atomic E-state index is 12.4. The second kappa shape index (κ2) is 6.90. The first-order chi connectivity index (χ1) is 11.6. The maximum atomic E-state index is 12.4. The Hall–Kier alpha value is -2.57. The summed E-state index contributed by atoms with van der Waals surface area (Å²) in [4.78, 5) is 26.3. The number of furan rings is 1. The van der Waals surface area contributed by atoms with Crippen LogP contribution in [0.2, 0.25) is 0 Å². The molecule has 0 bridgehead atoms. The minimum absolute atomic E-state index is 0.0404. The first-order valence-corrected chi connectivity index (χ1v) is 8.18.